The number of hydrogen-bond donors (Lipinski definition) is 2. The zero-order valence-corrected chi connectivity index (χ0v) is 7.91. The van der Waals surface area contributed by atoms with E-state index in [0.29, 0.717) is 18.5 Å². The molecule has 0 atom stereocenters. The van der Waals surface area contributed by atoms with E-state index in [4.69, 9.17) is 4.52 Å². The molecule has 0 saturated heterocycles. The molecule has 1 heterocycles. The van der Waals surface area contributed by atoms with Crippen molar-refractivity contribution in [3.05, 3.63) is 11.7 Å². The van der Waals surface area contributed by atoms with Crippen LogP contribution in [0, 0.1) is 0 Å². The molecule has 0 aromatic carbocycles. The number of carbonyl (C=O) groups is 1. The third kappa shape index (κ3) is 2.08. The van der Waals surface area contributed by atoms with Crippen molar-refractivity contribution < 1.29 is 9.32 Å². The Hall–Kier alpha value is -1.43. The van der Waals surface area contributed by atoms with Gasteiger partial charge in [0.05, 0.1) is 6.54 Å². The lowest BCUT2D eigenvalue weighted by Crippen LogP contribution is -2.20. The minimum atomic E-state index is -0.327. The Kier molecular flexibility index (Phi) is 2.45. The van der Waals surface area contributed by atoms with Crippen LogP contribution in [0.4, 0.5) is 0 Å². The number of carbonyl (C=O) groups excluding carboxylic acids is 1. The van der Waals surface area contributed by atoms with Crippen molar-refractivity contribution in [1.82, 2.24) is 20.8 Å². The molecule has 0 aliphatic heterocycles. The minimum Gasteiger partial charge on any atom is -0.352 e. The van der Waals surface area contributed by atoms with Gasteiger partial charge in [0.15, 0.2) is 0 Å². The van der Waals surface area contributed by atoms with E-state index >= 15 is 0 Å². The Labute approximate surface area is 81.1 Å². The molecule has 0 spiro atoms. The van der Waals surface area contributed by atoms with Gasteiger partial charge in [-0.15, -0.1) is 0 Å². The summed E-state index contributed by atoms with van der Waals surface area (Å²) in [6, 6.07) is 0.588. The van der Waals surface area contributed by atoms with E-state index in [1.54, 1.807) is 0 Å². The molecular weight excluding hydrogens is 184 g/mol. The third-order valence-corrected chi connectivity index (χ3v) is 2.02. The summed E-state index contributed by atoms with van der Waals surface area (Å²) in [4.78, 5) is 15.0. The summed E-state index contributed by atoms with van der Waals surface area (Å²) < 4.78 is 4.88. The lowest BCUT2D eigenvalue weighted by molar-refractivity contribution is 0.0950. The third-order valence-electron chi connectivity index (χ3n) is 2.02. The van der Waals surface area contributed by atoms with E-state index in [1.807, 2.05) is 0 Å². The highest BCUT2D eigenvalue weighted by Gasteiger charge is 2.21. The molecule has 1 aliphatic rings. The van der Waals surface area contributed by atoms with Gasteiger partial charge in [-0.2, -0.15) is 4.98 Å². The Balaban J connectivity index is 1.91. The van der Waals surface area contributed by atoms with E-state index in [0.717, 1.165) is 0 Å². The van der Waals surface area contributed by atoms with Crippen LogP contribution in [0.5, 0.6) is 0 Å². The maximum Gasteiger partial charge on any atom is 0.292 e. The van der Waals surface area contributed by atoms with Crippen molar-refractivity contribution in [2.45, 2.75) is 25.4 Å². The number of nitrogens with zero attached hydrogens (tertiary/aromatic N) is 2. The Morgan fingerprint density at radius 2 is 2.43 bits per heavy atom. The van der Waals surface area contributed by atoms with Gasteiger partial charge >= 0.3 is 0 Å². The zero-order valence-electron chi connectivity index (χ0n) is 7.91. The fourth-order valence-corrected chi connectivity index (χ4v) is 1.05. The van der Waals surface area contributed by atoms with Gasteiger partial charge in [0, 0.05) is 13.1 Å². The summed E-state index contributed by atoms with van der Waals surface area (Å²) in [5, 5.41) is 9.19. The summed E-state index contributed by atoms with van der Waals surface area (Å²) in [6.07, 6.45) is 2.41. The predicted molar refractivity (Wildman–Crippen MR) is 47.5 cm³/mol. The number of aromatic nitrogens is 2. The predicted octanol–water partition coefficient (Wildman–Crippen LogP) is -0.319. The molecule has 76 valence electrons. The van der Waals surface area contributed by atoms with Crippen LogP contribution < -0.4 is 10.6 Å². The number of hydrogen-bond acceptors (Lipinski definition) is 5. The second-order valence-electron chi connectivity index (χ2n) is 3.25. The first-order valence-electron chi connectivity index (χ1n) is 4.57. The van der Waals surface area contributed by atoms with E-state index in [-0.39, 0.29) is 11.7 Å². The van der Waals surface area contributed by atoms with Gasteiger partial charge in [-0.25, -0.2) is 0 Å². The smallest absolute Gasteiger partial charge is 0.292 e. The van der Waals surface area contributed by atoms with Crippen molar-refractivity contribution in [3.8, 4) is 0 Å². The minimum absolute atomic E-state index is 0.0834. The molecule has 1 amide bonds. The monoisotopic (exact) mass is 196 g/mol. The second-order valence-corrected chi connectivity index (χ2v) is 3.25. The van der Waals surface area contributed by atoms with Crippen LogP contribution in [0.25, 0.3) is 0 Å². The van der Waals surface area contributed by atoms with Crippen LogP contribution in [0.15, 0.2) is 4.52 Å². The van der Waals surface area contributed by atoms with E-state index < -0.39 is 0 Å². The molecule has 6 heteroatoms. The standard InChI is InChI=1S/C8H12N4O2/c1-9-8(13)7-11-6(14-12-7)4-10-5-2-3-5/h5,10H,2-4H2,1H3,(H,9,13). The van der Waals surface area contributed by atoms with Crippen LogP contribution in [0.2, 0.25) is 0 Å². The van der Waals surface area contributed by atoms with Crippen molar-refractivity contribution in [1.29, 1.82) is 0 Å². The molecular formula is C8H12N4O2. The highest BCUT2D eigenvalue weighted by Crippen LogP contribution is 2.18. The molecule has 0 unspecified atom stereocenters. The van der Waals surface area contributed by atoms with Gasteiger partial charge < -0.3 is 15.2 Å². The lowest BCUT2D eigenvalue weighted by atomic mass is 10.5. The zero-order chi connectivity index (χ0) is 9.97. The number of nitrogens with one attached hydrogen (secondary N) is 2. The first kappa shape index (κ1) is 9.14. The molecule has 6 nitrogen and oxygen atoms in total. The average Bonchev–Trinajstić information content (AvgIpc) is 2.92. The molecule has 1 saturated carbocycles. The SMILES string of the molecule is CNC(=O)c1noc(CNC2CC2)n1. The van der Waals surface area contributed by atoms with Crippen LogP contribution in [-0.4, -0.2) is 29.1 Å². The van der Waals surface area contributed by atoms with E-state index in [9.17, 15) is 4.79 Å². The summed E-state index contributed by atoms with van der Waals surface area (Å²) in [6.45, 7) is 0.536. The highest BCUT2D eigenvalue weighted by molar-refractivity contribution is 5.89. The van der Waals surface area contributed by atoms with Crippen LogP contribution in [-0.2, 0) is 6.54 Å². The highest BCUT2D eigenvalue weighted by atomic mass is 16.5. The molecule has 2 rings (SSSR count). The normalized spacial score (nSPS) is 15.5. The van der Waals surface area contributed by atoms with Crippen molar-refractivity contribution in [3.63, 3.8) is 0 Å². The largest absolute Gasteiger partial charge is 0.352 e. The van der Waals surface area contributed by atoms with Gasteiger partial charge in [0.25, 0.3) is 11.7 Å². The summed E-state index contributed by atoms with van der Waals surface area (Å²) >= 11 is 0. The molecule has 2 N–H and O–H groups in total. The van der Waals surface area contributed by atoms with E-state index in [2.05, 4.69) is 20.8 Å². The fraction of sp³-hybridized carbons (Fsp3) is 0.625. The Morgan fingerprint density at radius 1 is 1.64 bits per heavy atom. The first-order valence-corrected chi connectivity index (χ1v) is 4.57. The lowest BCUT2D eigenvalue weighted by Gasteiger charge is -1.94. The summed E-state index contributed by atoms with van der Waals surface area (Å²) in [5.41, 5.74) is 0. The molecule has 1 aromatic heterocycles. The quantitative estimate of drug-likeness (QED) is 0.690. The maximum absolute atomic E-state index is 11.1. The van der Waals surface area contributed by atoms with Gasteiger partial charge in [0.1, 0.15) is 0 Å². The number of amides is 1. The van der Waals surface area contributed by atoms with Crippen LogP contribution >= 0.6 is 0 Å². The van der Waals surface area contributed by atoms with Crippen molar-refractivity contribution in [2.75, 3.05) is 7.05 Å². The molecule has 1 fully saturated rings. The second kappa shape index (κ2) is 3.75. The summed E-state index contributed by atoms with van der Waals surface area (Å²) in [7, 11) is 1.53. The Morgan fingerprint density at radius 3 is 3.07 bits per heavy atom. The topological polar surface area (TPSA) is 80.0 Å². The summed E-state index contributed by atoms with van der Waals surface area (Å²) in [5.74, 6) is 0.210. The molecule has 0 radical (unpaired) electrons. The Bertz CT molecular complexity index is 332. The van der Waals surface area contributed by atoms with Crippen molar-refractivity contribution in [2.24, 2.45) is 0 Å². The van der Waals surface area contributed by atoms with Crippen molar-refractivity contribution >= 4 is 5.91 Å². The van der Waals surface area contributed by atoms with Gasteiger partial charge in [-0.3, -0.25) is 4.79 Å². The fourth-order valence-electron chi connectivity index (χ4n) is 1.05. The van der Waals surface area contributed by atoms with Crippen LogP contribution in [0.3, 0.4) is 0 Å². The molecule has 14 heavy (non-hydrogen) atoms. The van der Waals surface area contributed by atoms with Crippen LogP contribution in [0.1, 0.15) is 29.4 Å². The molecule has 1 aromatic rings. The van der Waals surface area contributed by atoms with Gasteiger partial charge in [-0.1, -0.05) is 5.16 Å². The molecule has 1 aliphatic carbocycles. The van der Waals surface area contributed by atoms with Gasteiger partial charge in [0.2, 0.25) is 5.89 Å². The number of rotatable bonds is 4. The van der Waals surface area contributed by atoms with E-state index in [1.165, 1.54) is 19.9 Å². The maximum atomic E-state index is 11.1. The first-order chi connectivity index (χ1) is 6.79. The molecule has 0 bridgehead atoms. The van der Waals surface area contributed by atoms with Gasteiger partial charge in [-0.05, 0) is 12.8 Å². The average molecular weight is 196 g/mol.